The van der Waals surface area contributed by atoms with Gasteiger partial charge in [0.15, 0.2) is 0 Å². The van der Waals surface area contributed by atoms with Crippen LogP contribution in [0.15, 0.2) is 48.8 Å². The van der Waals surface area contributed by atoms with Gasteiger partial charge < -0.3 is 10.6 Å². The van der Waals surface area contributed by atoms with Crippen molar-refractivity contribution < 1.29 is 4.39 Å². The maximum atomic E-state index is 13.7. The smallest absolute Gasteiger partial charge is 0.123 e. The second-order valence-electron chi connectivity index (χ2n) is 10.4. The predicted octanol–water partition coefficient (Wildman–Crippen LogP) is 6.24. The average Bonchev–Trinajstić information content (AvgIpc) is 3.73. The Kier molecular flexibility index (Phi) is 5.29. The number of hydrogen-bond donors (Lipinski definition) is 2. The Morgan fingerprint density at radius 3 is 2.62 bits per heavy atom. The lowest BCUT2D eigenvalue weighted by Crippen LogP contribution is -2.14. The highest BCUT2D eigenvalue weighted by Crippen LogP contribution is 2.54. The van der Waals surface area contributed by atoms with E-state index in [0.29, 0.717) is 40.0 Å². The van der Waals surface area contributed by atoms with Gasteiger partial charge in [0.25, 0.3) is 0 Å². The highest BCUT2D eigenvalue weighted by atomic mass is 35.5. The number of aromatic nitrogens is 4. The van der Waals surface area contributed by atoms with E-state index < -0.39 is 0 Å². The van der Waals surface area contributed by atoms with E-state index >= 15 is 0 Å². The van der Waals surface area contributed by atoms with Gasteiger partial charge >= 0.3 is 0 Å². The minimum Gasteiger partial charge on any atom is -0.380 e. The molecule has 0 radical (unpaired) electrons. The van der Waals surface area contributed by atoms with Crippen LogP contribution in [0.2, 0.25) is 5.02 Å². The number of nitriles is 1. The van der Waals surface area contributed by atoms with Crippen molar-refractivity contribution in [3.8, 4) is 6.07 Å². The Labute approximate surface area is 218 Å². The van der Waals surface area contributed by atoms with E-state index in [-0.39, 0.29) is 11.9 Å². The van der Waals surface area contributed by atoms with Gasteiger partial charge in [0.2, 0.25) is 0 Å². The van der Waals surface area contributed by atoms with Gasteiger partial charge in [-0.1, -0.05) is 35.4 Å². The number of anilines is 2. The van der Waals surface area contributed by atoms with E-state index in [0.717, 1.165) is 40.9 Å². The minimum atomic E-state index is -0.368. The molecule has 3 aliphatic carbocycles. The molecule has 4 atom stereocenters. The van der Waals surface area contributed by atoms with E-state index in [1.165, 1.54) is 31.4 Å². The lowest BCUT2D eigenvalue weighted by Gasteiger charge is -2.20. The van der Waals surface area contributed by atoms with Crippen LogP contribution in [0.3, 0.4) is 0 Å². The summed E-state index contributed by atoms with van der Waals surface area (Å²) in [7, 11) is 0. The molecule has 2 N–H and O–H groups in total. The molecule has 2 unspecified atom stereocenters. The highest BCUT2D eigenvalue weighted by molar-refractivity contribution is 6.35. The molecule has 3 saturated carbocycles. The molecule has 37 heavy (non-hydrogen) atoms. The molecule has 2 aromatic carbocycles. The Morgan fingerprint density at radius 1 is 1.11 bits per heavy atom. The first-order valence-electron chi connectivity index (χ1n) is 12.8. The number of fused-ring (bicyclic) bond motifs is 2. The fraction of sp³-hybridized carbons (Fsp3) is 0.357. The van der Waals surface area contributed by atoms with Crippen molar-refractivity contribution in [1.29, 1.82) is 5.26 Å². The number of pyridine rings is 1. The average molecular weight is 514 g/mol. The van der Waals surface area contributed by atoms with Gasteiger partial charge in [0.1, 0.15) is 17.6 Å². The Morgan fingerprint density at radius 2 is 1.89 bits per heavy atom. The Balaban J connectivity index is 1.28. The second kappa shape index (κ2) is 8.70. The first kappa shape index (κ1) is 22.5. The standard InChI is InChI=1S/C28H25ClFN7/c29-23-11-18(10-22-25(16(12-31)13-32-28(22)23)34-27-20-2-1-3-21(20)27)33-26(15-4-6-17(30)7-5-15)24-14-37(36-35-24)19-8-9-19/h4-7,10-11,13-14,19-21,26-27,33H,1-3,8-9H2,(H,32,34)/t20-,21+,26?,27?. The normalized spacial score (nSPS) is 22.9. The van der Waals surface area contributed by atoms with E-state index in [1.807, 2.05) is 23.0 Å². The van der Waals surface area contributed by atoms with E-state index in [2.05, 4.69) is 32.0 Å². The first-order chi connectivity index (χ1) is 18.1. The zero-order valence-corrected chi connectivity index (χ0v) is 20.8. The van der Waals surface area contributed by atoms with E-state index in [4.69, 9.17) is 11.6 Å². The maximum Gasteiger partial charge on any atom is 0.123 e. The Bertz CT molecular complexity index is 1530. The lowest BCUT2D eigenvalue weighted by molar-refractivity contribution is 0.610. The van der Waals surface area contributed by atoms with Crippen LogP contribution >= 0.6 is 11.6 Å². The molecule has 2 aromatic heterocycles. The summed E-state index contributed by atoms with van der Waals surface area (Å²) in [4.78, 5) is 4.50. The molecule has 3 aliphatic rings. The number of benzene rings is 2. The molecule has 4 aromatic rings. The minimum absolute atomic E-state index is 0.298. The third-order valence-corrected chi connectivity index (χ3v) is 8.31. The van der Waals surface area contributed by atoms with E-state index in [1.54, 1.807) is 18.3 Å². The van der Waals surface area contributed by atoms with Crippen LogP contribution in [-0.2, 0) is 0 Å². The molecule has 186 valence electrons. The van der Waals surface area contributed by atoms with E-state index in [9.17, 15) is 9.65 Å². The van der Waals surface area contributed by atoms with Gasteiger partial charge in [-0.2, -0.15) is 5.26 Å². The zero-order valence-electron chi connectivity index (χ0n) is 20.0. The van der Waals surface area contributed by atoms with Crippen LogP contribution in [0.25, 0.3) is 10.9 Å². The van der Waals surface area contributed by atoms with Gasteiger partial charge in [-0.25, -0.2) is 9.07 Å². The molecule has 2 heterocycles. The summed E-state index contributed by atoms with van der Waals surface area (Å²) in [5, 5.41) is 27.1. The van der Waals surface area contributed by atoms with Crippen molar-refractivity contribution in [2.45, 2.75) is 50.2 Å². The van der Waals surface area contributed by atoms with Crippen molar-refractivity contribution >= 4 is 33.9 Å². The van der Waals surface area contributed by atoms with Crippen molar-refractivity contribution in [3.05, 3.63) is 76.5 Å². The summed E-state index contributed by atoms with van der Waals surface area (Å²) < 4.78 is 15.6. The fourth-order valence-electron chi connectivity index (χ4n) is 5.88. The zero-order chi connectivity index (χ0) is 25.1. The molecule has 0 bridgehead atoms. The van der Waals surface area contributed by atoms with Gasteiger partial charge in [-0.15, -0.1) is 5.10 Å². The molecule has 7 nitrogen and oxygen atoms in total. The Hall–Kier alpha value is -3.70. The molecule has 3 fully saturated rings. The number of hydrogen-bond acceptors (Lipinski definition) is 6. The fourth-order valence-corrected chi connectivity index (χ4v) is 6.14. The van der Waals surface area contributed by atoms with Crippen LogP contribution in [0.4, 0.5) is 15.8 Å². The summed E-state index contributed by atoms with van der Waals surface area (Å²) in [6.07, 6.45) is 9.51. The number of halogens is 2. The second-order valence-corrected chi connectivity index (χ2v) is 10.8. The molecular formula is C28H25ClFN7. The SMILES string of the molecule is N#Cc1cnc2c(Cl)cc(NC(c3ccc(F)cc3)c3cn(C4CC4)nn3)cc2c1NC1[C@H]2CCC[C@@H]12. The van der Waals surface area contributed by atoms with Crippen molar-refractivity contribution in [3.63, 3.8) is 0 Å². The quantitative estimate of drug-likeness (QED) is 0.304. The van der Waals surface area contributed by atoms with Crippen LogP contribution in [0, 0.1) is 29.0 Å². The van der Waals surface area contributed by atoms with Crippen LogP contribution in [0.5, 0.6) is 0 Å². The number of rotatable bonds is 7. The molecule has 7 rings (SSSR count). The van der Waals surface area contributed by atoms with Crippen LogP contribution < -0.4 is 10.6 Å². The molecule has 0 saturated heterocycles. The summed E-state index contributed by atoms with van der Waals surface area (Å²) in [6, 6.07) is 12.9. The largest absolute Gasteiger partial charge is 0.380 e. The third kappa shape index (κ3) is 4.08. The monoisotopic (exact) mass is 513 g/mol. The summed E-state index contributed by atoms with van der Waals surface area (Å²) >= 11 is 6.73. The molecule has 0 aliphatic heterocycles. The van der Waals surface area contributed by atoms with Crippen molar-refractivity contribution in [2.75, 3.05) is 10.6 Å². The predicted molar refractivity (Wildman–Crippen MR) is 140 cm³/mol. The van der Waals surface area contributed by atoms with Gasteiger partial charge in [-0.3, -0.25) is 4.98 Å². The number of nitrogens with zero attached hydrogens (tertiary/aromatic N) is 5. The lowest BCUT2D eigenvalue weighted by atomic mass is 10.0. The summed E-state index contributed by atoms with van der Waals surface area (Å²) in [5.41, 5.74) is 4.29. The van der Waals surface area contributed by atoms with Crippen molar-refractivity contribution in [1.82, 2.24) is 20.0 Å². The van der Waals surface area contributed by atoms with Crippen LogP contribution in [-0.4, -0.2) is 26.0 Å². The van der Waals surface area contributed by atoms with Crippen LogP contribution in [0.1, 0.15) is 61.0 Å². The molecule has 0 amide bonds. The molecular weight excluding hydrogens is 489 g/mol. The maximum absolute atomic E-state index is 13.7. The van der Waals surface area contributed by atoms with Gasteiger partial charge in [-0.05, 0) is 67.3 Å². The number of nitrogens with one attached hydrogen (secondary N) is 2. The van der Waals surface area contributed by atoms with Crippen molar-refractivity contribution in [2.24, 2.45) is 11.8 Å². The summed E-state index contributed by atoms with van der Waals surface area (Å²) in [5.74, 6) is 1.07. The molecule has 9 heteroatoms. The topological polar surface area (TPSA) is 91.5 Å². The van der Waals surface area contributed by atoms with Gasteiger partial charge in [0, 0.05) is 23.3 Å². The molecule has 0 spiro atoms. The first-order valence-corrected chi connectivity index (χ1v) is 13.2. The van der Waals surface area contributed by atoms with Gasteiger partial charge in [0.05, 0.1) is 40.1 Å². The third-order valence-electron chi connectivity index (χ3n) is 8.02. The summed E-state index contributed by atoms with van der Waals surface area (Å²) in [6.45, 7) is 0. The highest BCUT2D eigenvalue weighted by Gasteiger charge is 2.52.